The zero-order valence-electron chi connectivity index (χ0n) is 11.8. The average molecular weight is 317 g/mol. The van der Waals surface area contributed by atoms with Crippen LogP contribution >= 0.6 is 0 Å². The number of rotatable bonds is 3. The maximum absolute atomic E-state index is 13.0. The van der Waals surface area contributed by atoms with Crippen LogP contribution in [0.1, 0.15) is 5.56 Å². The first kappa shape index (κ1) is 15.0. The number of benzene rings is 1. The molecule has 0 saturated carbocycles. The number of nitro benzene ring substituents is 1. The Labute approximate surface area is 124 Å². The molecule has 2 fully saturated rings. The molecule has 0 bridgehead atoms. The summed E-state index contributed by atoms with van der Waals surface area (Å²) in [5, 5.41) is 12.5. The Morgan fingerprint density at radius 2 is 1.91 bits per heavy atom. The Kier molecular flexibility index (Phi) is 3.29. The topological polar surface area (TPSA) is 58.8 Å². The number of hydroxylamine groups is 2. The fourth-order valence-electron chi connectivity index (χ4n) is 3.08. The van der Waals surface area contributed by atoms with Crippen molar-refractivity contribution in [1.82, 2.24) is 5.06 Å². The molecule has 0 unspecified atom stereocenters. The van der Waals surface area contributed by atoms with Crippen LogP contribution in [0.4, 0.5) is 24.5 Å². The van der Waals surface area contributed by atoms with Crippen LogP contribution in [0.25, 0.3) is 0 Å². The summed E-state index contributed by atoms with van der Waals surface area (Å²) < 4.78 is 38.9. The fourth-order valence-corrected chi connectivity index (χ4v) is 3.08. The maximum atomic E-state index is 13.0. The Morgan fingerprint density at radius 3 is 2.41 bits per heavy atom. The third-order valence-corrected chi connectivity index (χ3v) is 4.18. The van der Waals surface area contributed by atoms with Gasteiger partial charge in [-0.25, -0.2) is 0 Å². The molecule has 0 aromatic heterocycles. The van der Waals surface area contributed by atoms with Crippen molar-refractivity contribution in [2.75, 3.05) is 38.2 Å². The van der Waals surface area contributed by atoms with Gasteiger partial charge in [0.1, 0.15) is 5.56 Å². The molecule has 1 spiro atoms. The van der Waals surface area contributed by atoms with E-state index in [9.17, 15) is 23.3 Å². The lowest BCUT2D eigenvalue weighted by atomic mass is 9.74. The van der Waals surface area contributed by atoms with Gasteiger partial charge in [0, 0.05) is 43.3 Å². The number of hydrogen-bond donors (Lipinski definition) is 0. The third kappa shape index (κ3) is 2.40. The van der Waals surface area contributed by atoms with Gasteiger partial charge in [-0.05, 0) is 12.1 Å². The van der Waals surface area contributed by atoms with Crippen LogP contribution in [-0.4, -0.2) is 43.3 Å². The first-order valence-corrected chi connectivity index (χ1v) is 6.64. The van der Waals surface area contributed by atoms with Crippen LogP contribution in [0.2, 0.25) is 0 Å². The highest BCUT2D eigenvalue weighted by molar-refractivity contribution is 5.58. The third-order valence-electron chi connectivity index (χ3n) is 4.18. The second-order valence-corrected chi connectivity index (χ2v) is 5.79. The molecule has 9 heteroatoms. The molecule has 0 amide bonds. The van der Waals surface area contributed by atoms with E-state index in [1.807, 2.05) is 0 Å². The second-order valence-electron chi connectivity index (χ2n) is 5.79. The van der Waals surface area contributed by atoms with Crippen molar-refractivity contribution in [3.63, 3.8) is 0 Å². The summed E-state index contributed by atoms with van der Waals surface area (Å²) >= 11 is 0. The van der Waals surface area contributed by atoms with Crippen LogP contribution in [-0.2, 0) is 11.0 Å². The van der Waals surface area contributed by atoms with Crippen molar-refractivity contribution in [3.8, 4) is 0 Å². The van der Waals surface area contributed by atoms with Gasteiger partial charge in [-0.15, -0.1) is 0 Å². The maximum Gasteiger partial charge on any atom is 0.423 e. The number of halogens is 3. The van der Waals surface area contributed by atoms with E-state index in [1.54, 1.807) is 17.1 Å². The SMILES string of the molecule is CON1CC2(C1)CN(c1ccc([N+](=O)[O-])c(C(F)(F)F)c1)C2. The predicted octanol–water partition coefficient (Wildman–Crippen LogP) is 2.30. The van der Waals surface area contributed by atoms with E-state index >= 15 is 0 Å². The van der Waals surface area contributed by atoms with Gasteiger partial charge in [0.15, 0.2) is 0 Å². The lowest BCUT2D eigenvalue weighted by molar-refractivity contribution is -0.388. The van der Waals surface area contributed by atoms with E-state index in [2.05, 4.69) is 0 Å². The number of nitro groups is 1. The highest BCUT2D eigenvalue weighted by Crippen LogP contribution is 2.44. The van der Waals surface area contributed by atoms with Crippen molar-refractivity contribution in [1.29, 1.82) is 0 Å². The molecule has 2 saturated heterocycles. The van der Waals surface area contributed by atoms with Crippen molar-refractivity contribution in [3.05, 3.63) is 33.9 Å². The molecule has 1 aromatic carbocycles. The zero-order chi connectivity index (χ0) is 16.1. The van der Waals surface area contributed by atoms with Crippen LogP contribution < -0.4 is 4.90 Å². The molecule has 0 radical (unpaired) electrons. The molecule has 0 aliphatic carbocycles. The summed E-state index contributed by atoms with van der Waals surface area (Å²) in [7, 11) is 1.58. The molecule has 1 aromatic rings. The molecular weight excluding hydrogens is 303 g/mol. The minimum absolute atomic E-state index is 0.0657. The van der Waals surface area contributed by atoms with Gasteiger partial charge in [-0.1, -0.05) is 0 Å². The molecule has 22 heavy (non-hydrogen) atoms. The quantitative estimate of drug-likeness (QED) is 0.632. The summed E-state index contributed by atoms with van der Waals surface area (Å²) in [5.41, 5.74) is -1.70. The van der Waals surface area contributed by atoms with Crippen molar-refractivity contribution >= 4 is 11.4 Å². The Morgan fingerprint density at radius 1 is 1.27 bits per heavy atom. The van der Waals surface area contributed by atoms with Crippen LogP contribution in [0.5, 0.6) is 0 Å². The number of nitrogens with zero attached hydrogens (tertiary/aromatic N) is 3. The highest BCUT2D eigenvalue weighted by atomic mass is 19.4. The second kappa shape index (κ2) is 4.82. The minimum Gasteiger partial charge on any atom is -0.370 e. The largest absolute Gasteiger partial charge is 0.423 e. The fraction of sp³-hybridized carbons (Fsp3) is 0.538. The summed E-state index contributed by atoms with van der Waals surface area (Å²) in [6, 6.07) is 3.15. The van der Waals surface area contributed by atoms with Gasteiger partial charge >= 0.3 is 6.18 Å². The van der Waals surface area contributed by atoms with Gasteiger partial charge in [0.25, 0.3) is 5.69 Å². The molecule has 6 nitrogen and oxygen atoms in total. The lowest BCUT2D eigenvalue weighted by Crippen LogP contribution is -2.71. The normalized spacial score (nSPS) is 20.6. The van der Waals surface area contributed by atoms with E-state index in [0.29, 0.717) is 18.8 Å². The van der Waals surface area contributed by atoms with E-state index < -0.39 is 22.4 Å². The van der Waals surface area contributed by atoms with Crippen LogP contribution in [0.15, 0.2) is 18.2 Å². The summed E-state index contributed by atoms with van der Waals surface area (Å²) in [4.78, 5) is 16.6. The van der Waals surface area contributed by atoms with Gasteiger partial charge in [0.05, 0.1) is 12.0 Å². The lowest BCUT2D eigenvalue weighted by Gasteiger charge is -2.60. The first-order valence-electron chi connectivity index (χ1n) is 6.64. The number of anilines is 1. The van der Waals surface area contributed by atoms with Crippen molar-refractivity contribution in [2.24, 2.45) is 5.41 Å². The molecule has 2 aliphatic rings. The number of alkyl halides is 3. The Bertz CT molecular complexity index is 606. The van der Waals surface area contributed by atoms with Crippen molar-refractivity contribution in [2.45, 2.75) is 6.18 Å². The Hall–Kier alpha value is -1.87. The number of hydrogen-bond acceptors (Lipinski definition) is 5. The van der Waals surface area contributed by atoms with Gasteiger partial charge in [-0.3, -0.25) is 10.1 Å². The monoisotopic (exact) mass is 317 g/mol. The molecule has 2 aliphatic heterocycles. The molecule has 2 heterocycles. The molecular formula is C13H14F3N3O3. The predicted molar refractivity (Wildman–Crippen MR) is 71.3 cm³/mol. The smallest absolute Gasteiger partial charge is 0.370 e. The molecule has 0 N–H and O–H groups in total. The summed E-state index contributed by atoms with van der Waals surface area (Å²) in [6.45, 7) is 2.75. The minimum atomic E-state index is -4.75. The van der Waals surface area contributed by atoms with Crippen molar-refractivity contribution < 1.29 is 22.9 Å². The molecule has 120 valence electrons. The van der Waals surface area contributed by atoms with Gasteiger partial charge in [-0.2, -0.15) is 18.2 Å². The van der Waals surface area contributed by atoms with E-state index in [0.717, 1.165) is 25.2 Å². The standard InChI is InChI=1S/C13H14F3N3O3/c1-22-18-7-12(8-18)5-17(6-12)9-2-3-11(19(20)21)10(4-9)13(14,15)16/h2-4H,5-8H2,1H3. The van der Waals surface area contributed by atoms with Crippen LogP contribution in [0, 0.1) is 15.5 Å². The average Bonchev–Trinajstić information content (AvgIpc) is 2.34. The zero-order valence-corrected chi connectivity index (χ0v) is 11.8. The molecule has 0 atom stereocenters. The van der Waals surface area contributed by atoms with Gasteiger partial charge in [0.2, 0.25) is 0 Å². The molecule has 3 rings (SSSR count). The summed E-state index contributed by atoms with van der Waals surface area (Å²) in [5.74, 6) is 0. The van der Waals surface area contributed by atoms with E-state index in [1.165, 1.54) is 6.07 Å². The Balaban J connectivity index is 1.78. The van der Waals surface area contributed by atoms with E-state index in [-0.39, 0.29) is 5.41 Å². The first-order chi connectivity index (χ1) is 10.2. The van der Waals surface area contributed by atoms with Crippen LogP contribution in [0.3, 0.4) is 0 Å². The highest BCUT2D eigenvalue weighted by Gasteiger charge is 2.52. The summed E-state index contributed by atoms with van der Waals surface area (Å²) in [6.07, 6.45) is -4.75. The van der Waals surface area contributed by atoms with Gasteiger partial charge < -0.3 is 9.74 Å². The van der Waals surface area contributed by atoms with E-state index in [4.69, 9.17) is 4.84 Å².